The zero-order chi connectivity index (χ0) is 24.6. The Hall–Kier alpha value is -3.27. The van der Waals surface area contributed by atoms with Crippen LogP contribution in [0.2, 0.25) is 5.02 Å². The number of aromatic carboxylic acids is 1. The molecule has 1 aliphatic rings. The average molecular weight is 530 g/mol. The van der Waals surface area contributed by atoms with Crippen LogP contribution in [0.15, 0.2) is 60.7 Å². The molecule has 2 aromatic carbocycles. The number of carboxylic acid groups (broad SMARTS) is 1. The molecule has 0 saturated carbocycles. The van der Waals surface area contributed by atoms with Gasteiger partial charge in [0.15, 0.2) is 11.5 Å². The van der Waals surface area contributed by atoms with E-state index in [1.807, 2.05) is 12.1 Å². The Kier molecular flexibility index (Phi) is 6.31. The molecule has 0 saturated heterocycles. The Morgan fingerprint density at radius 3 is 2.63 bits per heavy atom. The molecule has 2 aromatic heterocycles. The number of carbonyl (C=O) groups is 1. The molecule has 1 N–H and O–H groups in total. The van der Waals surface area contributed by atoms with Gasteiger partial charge in [0.2, 0.25) is 10.0 Å². The molecular formula is C25H20ClNO6S2. The van der Waals surface area contributed by atoms with Gasteiger partial charge in [-0.2, -0.15) is 0 Å². The molecule has 0 atom stereocenters. The van der Waals surface area contributed by atoms with E-state index in [0.717, 1.165) is 21.8 Å². The van der Waals surface area contributed by atoms with Gasteiger partial charge < -0.3 is 14.6 Å². The number of thiophene rings is 1. The van der Waals surface area contributed by atoms with E-state index in [4.69, 9.17) is 21.1 Å². The first-order valence-corrected chi connectivity index (χ1v) is 13.5. The summed E-state index contributed by atoms with van der Waals surface area (Å²) in [7, 11) is -3.79. The van der Waals surface area contributed by atoms with Crippen LogP contribution in [-0.2, 0) is 16.4 Å². The lowest BCUT2D eigenvalue weighted by atomic mass is 10.2. The maximum Gasteiger partial charge on any atom is 0.345 e. The van der Waals surface area contributed by atoms with Gasteiger partial charge in [-0.3, -0.25) is 0 Å². The van der Waals surface area contributed by atoms with Gasteiger partial charge in [-0.15, -0.1) is 11.3 Å². The minimum absolute atomic E-state index is 0.205. The number of carboxylic acids is 1. The highest BCUT2D eigenvalue weighted by atomic mass is 35.5. The molecule has 7 nitrogen and oxygen atoms in total. The smallest absolute Gasteiger partial charge is 0.345 e. The molecule has 4 aromatic rings. The molecule has 10 heteroatoms. The van der Waals surface area contributed by atoms with E-state index in [2.05, 4.69) is 0 Å². The maximum absolute atomic E-state index is 13.5. The highest BCUT2D eigenvalue weighted by Crippen LogP contribution is 2.32. The minimum atomic E-state index is -3.79. The first-order chi connectivity index (χ1) is 16.8. The molecule has 0 spiro atoms. The summed E-state index contributed by atoms with van der Waals surface area (Å²) >= 11 is 7.27. The molecule has 3 heterocycles. The Labute approximate surface area is 210 Å². The molecule has 0 amide bonds. The molecule has 0 aliphatic carbocycles. The van der Waals surface area contributed by atoms with Crippen LogP contribution < -0.4 is 9.47 Å². The number of hydrogen-bond acceptors (Lipinski definition) is 6. The molecule has 1 aliphatic heterocycles. The number of fused-ring (bicyclic) bond motifs is 2. The Morgan fingerprint density at radius 2 is 1.86 bits per heavy atom. The Morgan fingerprint density at radius 1 is 1.06 bits per heavy atom. The Bertz CT molecular complexity index is 1570. The van der Waals surface area contributed by atoms with Gasteiger partial charge in [-0.25, -0.2) is 17.2 Å². The summed E-state index contributed by atoms with van der Waals surface area (Å²) in [6.07, 6.45) is 3.60. The second-order valence-corrected chi connectivity index (χ2v) is 11.4. The third-order valence-electron chi connectivity index (χ3n) is 5.48. The number of nitrogens with zero attached hydrogens (tertiary/aromatic N) is 1. The van der Waals surface area contributed by atoms with Gasteiger partial charge in [0, 0.05) is 27.4 Å². The molecule has 0 unspecified atom stereocenters. The molecule has 35 heavy (non-hydrogen) atoms. The lowest BCUT2D eigenvalue weighted by Gasteiger charge is -2.18. The number of hydrogen-bond donors (Lipinski definition) is 1. The molecular weight excluding hydrogens is 510 g/mol. The number of ether oxygens (including phenoxy) is 2. The summed E-state index contributed by atoms with van der Waals surface area (Å²) in [5.41, 5.74) is 1.86. The van der Waals surface area contributed by atoms with E-state index in [1.54, 1.807) is 48.6 Å². The predicted molar refractivity (Wildman–Crippen MR) is 137 cm³/mol. The van der Waals surface area contributed by atoms with Crippen LogP contribution >= 0.6 is 22.9 Å². The second-order valence-electron chi connectivity index (χ2n) is 7.94. The molecule has 0 bridgehead atoms. The largest absolute Gasteiger partial charge is 0.486 e. The fourth-order valence-electron chi connectivity index (χ4n) is 3.98. The van der Waals surface area contributed by atoms with Gasteiger partial charge in [0.1, 0.15) is 18.1 Å². The van der Waals surface area contributed by atoms with E-state index < -0.39 is 16.0 Å². The number of rotatable bonds is 7. The van der Waals surface area contributed by atoms with Gasteiger partial charge >= 0.3 is 5.97 Å². The fourth-order valence-corrected chi connectivity index (χ4v) is 6.45. The average Bonchev–Trinajstić information content (AvgIpc) is 3.43. The van der Waals surface area contributed by atoms with Gasteiger partial charge in [-0.05, 0) is 54.1 Å². The molecule has 0 radical (unpaired) electrons. The summed E-state index contributed by atoms with van der Waals surface area (Å²) in [6, 6.07) is 15.5. The van der Waals surface area contributed by atoms with Crippen molar-refractivity contribution in [1.82, 2.24) is 3.97 Å². The van der Waals surface area contributed by atoms with Crippen molar-refractivity contribution in [2.75, 3.05) is 19.0 Å². The van der Waals surface area contributed by atoms with Crippen LogP contribution in [0.4, 0.5) is 0 Å². The highest BCUT2D eigenvalue weighted by Gasteiger charge is 2.21. The van der Waals surface area contributed by atoms with E-state index >= 15 is 0 Å². The quantitative estimate of drug-likeness (QED) is 0.349. The van der Waals surface area contributed by atoms with Crippen LogP contribution in [0, 0.1) is 0 Å². The standard InChI is InChI=1S/C25H20ClNO6S2/c26-18-4-6-21-17(13-18)14-19(15-20-5-8-24(34-20)25(28)29)27(21)35(30,31)11-1-2-16-3-7-22-23(12-16)33-10-9-32-22/h1-8,12-14H,9-11,15H2,(H,28,29). The second kappa shape index (κ2) is 9.41. The van der Waals surface area contributed by atoms with E-state index in [-0.39, 0.29) is 17.1 Å². The lowest BCUT2D eigenvalue weighted by Crippen LogP contribution is -2.18. The third-order valence-corrected chi connectivity index (χ3v) is 8.39. The summed E-state index contributed by atoms with van der Waals surface area (Å²) in [4.78, 5) is 12.2. The molecule has 0 fully saturated rings. The van der Waals surface area contributed by atoms with Crippen molar-refractivity contribution in [3.05, 3.63) is 86.7 Å². The number of benzene rings is 2. The maximum atomic E-state index is 13.5. The van der Waals surface area contributed by atoms with Crippen molar-refractivity contribution in [2.45, 2.75) is 6.42 Å². The van der Waals surface area contributed by atoms with Crippen molar-refractivity contribution in [2.24, 2.45) is 0 Å². The number of halogens is 1. The van der Waals surface area contributed by atoms with Crippen molar-refractivity contribution in [3.63, 3.8) is 0 Å². The normalized spacial score (nSPS) is 13.5. The first-order valence-electron chi connectivity index (χ1n) is 10.7. The van der Waals surface area contributed by atoms with Crippen molar-refractivity contribution in [3.8, 4) is 11.5 Å². The first kappa shape index (κ1) is 23.5. The number of aromatic nitrogens is 1. The molecule has 180 valence electrons. The zero-order valence-corrected chi connectivity index (χ0v) is 20.7. The summed E-state index contributed by atoms with van der Waals surface area (Å²) in [5, 5.41) is 10.4. The van der Waals surface area contributed by atoms with Crippen LogP contribution in [0.3, 0.4) is 0 Å². The predicted octanol–water partition coefficient (Wildman–Crippen LogP) is 5.31. The minimum Gasteiger partial charge on any atom is -0.486 e. The van der Waals surface area contributed by atoms with Crippen molar-refractivity contribution < 1.29 is 27.8 Å². The van der Waals surface area contributed by atoms with Crippen molar-refractivity contribution >= 4 is 55.9 Å². The molecule has 5 rings (SSSR count). The lowest BCUT2D eigenvalue weighted by molar-refractivity contribution is 0.0702. The monoisotopic (exact) mass is 529 g/mol. The van der Waals surface area contributed by atoms with E-state index in [9.17, 15) is 18.3 Å². The van der Waals surface area contributed by atoms with Crippen LogP contribution in [0.1, 0.15) is 25.8 Å². The third kappa shape index (κ3) is 4.93. The van der Waals surface area contributed by atoms with Gasteiger partial charge in [0.05, 0.1) is 11.3 Å². The van der Waals surface area contributed by atoms with E-state index in [1.165, 1.54) is 10.0 Å². The van der Waals surface area contributed by atoms with Crippen LogP contribution in [-0.4, -0.2) is 42.4 Å². The highest BCUT2D eigenvalue weighted by molar-refractivity contribution is 7.90. The van der Waals surface area contributed by atoms with Crippen LogP contribution in [0.25, 0.3) is 17.0 Å². The SMILES string of the molecule is O=C(O)c1ccc(Cc2cc3cc(Cl)ccc3n2S(=O)(=O)CC=Cc2ccc3c(c2)OCCO3)s1. The van der Waals surface area contributed by atoms with Crippen molar-refractivity contribution in [1.29, 1.82) is 0 Å². The zero-order valence-electron chi connectivity index (χ0n) is 18.3. The summed E-state index contributed by atoms with van der Waals surface area (Å²) < 4.78 is 39.4. The van der Waals surface area contributed by atoms with E-state index in [0.29, 0.717) is 46.3 Å². The van der Waals surface area contributed by atoms with Gasteiger partial charge in [0.25, 0.3) is 0 Å². The van der Waals surface area contributed by atoms with Gasteiger partial charge in [-0.1, -0.05) is 29.8 Å². The Balaban J connectivity index is 1.46. The van der Waals surface area contributed by atoms with Crippen LogP contribution in [0.5, 0.6) is 11.5 Å². The summed E-state index contributed by atoms with van der Waals surface area (Å²) in [6.45, 7) is 0.974. The fraction of sp³-hybridized carbons (Fsp3) is 0.160. The topological polar surface area (TPSA) is 94.8 Å². The summed E-state index contributed by atoms with van der Waals surface area (Å²) in [5.74, 6) is 0.0628.